The number of nitrogen functional groups attached to an aromatic ring is 2. The van der Waals surface area contributed by atoms with E-state index >= 15 is 0 Å². The lowest BCUT2D eigenvalue weighted by molar-refractivity contribution is -0.624. The van der Waals surface area contributed by atoms with Gasteiger partial charge >= 0.3 is 5.82 Å². The van der Waals surface area contributed by atoms with Crippen LogP contribution in [0.5, 0.6) is 0 Å². The third kappa shape index (κ3) is 1.13. The Labute approximate surface area is 61.4 Å². The monoisotopic (exact) mass is 188 g/mol. The number of aromatic nitrogens is 1. The molecule has 0 saturated carbocycles. The first kappa shape index (κ1) is 6.35. The summed E-state index contributed by atoms with van der Waals surface area (Å²) in [7, 11) is 0. The lowest BCUT2D eigenvalue weighted by Crippen LogP contribution is -2.46. The molecule has 1 aromatic rings. The molecule has 48 valence electrons. The van der Waals surface area contributed by atoms with Crippen molar-refractivity contribution in [1.82, 2.24) is 0 Å². The van der Waals surface area contributed by atoms with Crippen LogP contribution in [0.3, 0.4) is 0 Å². The van der Waals surface area contributed by atoms with Gasteiger partial charge in [-0.2, -0.15) is 0 Å². The van der Waals surface area contributed by atoms with Crippen molar-refractivity contribution in [3.8, 4) is 0 Å². The van der Waals surface area contributed by atoms with Crippen molar-refractivity contribution in [3.05, 3.63) is 22.8 Å². The molecule has 4 N–H and O–H groups in total. The Morgan fingerprint density at radius 2 is 2.22 bits per heavy atom. The minimum absolute atomic E-state index is 0.525. The summed E-state index contributed by atoms with van der Waals surface area (Å²) in [6.07, 6.45) is 1.68. The maximum Gasteiger partial charge on any atom is 0.309 e. The molecule has 0 atom stereocenters. The van der Waals surface area contributed by atoms with E-state index in [1.54, 1.807) is 12.3 Å². The van der Waals surface area contributed by atoms with E-state index in [0.717, 1.165) is 4.47 Å². The minimum atomic E-state index is 0.525. The van der Waals surface area contributed by atoms with Crippen LogP contribution in [0.4, 0.5) is 5.82 Å². The molecular formula is C5H7BrN3+. The molecule has 1 rings (SSSR count). The number of hydrogen-bond acceptors (Lipinski definition) is 2. The fraction of sp³-hybridized carbons (Fsp3) is 0. The van der Waals surface area contributed by atoms with E-state index in [1.165, 1.54) is 4.68 Å². The summed E-state index contributed by atoms with van der Waals surface area (Å²) in [6, 6.07) is 3.64. The van der Waals surface area contributed by atoms with Gasteiger partial charge in [0.15, 0.2) is 0 Å². The second-order valence-corrected chi connectivity index (χ2v) is 2.50. The first-order valence-electron chi connectivity index (χ1n) is 2.42. The molecule has 1 heterocycles. The third-order valence-corrected chi connectivity index (χ3v) is 1.68. The highest BCUT2D eigenvalue weighted by atomic mass is 79.9. The quantitative estimate of drug-likeness (QED) is 0.447. The van der Waals surface area contributed by atoms with Crippen LogP contribution in [0.2, 0.25) is 0 Å². The fourth-order valence-corrected chi connectivity index (χ4v) is 0.867. The van der Waals surface area contributed by atoms with Crippen LogP contribution in [-0.4, -0.2) is 0 Å². The van der Waals surface area contributed by atoms with Crippen molar-refractivity contribution in [2.45, 2.75) is 0 Å². The van der Waals surface area contributed by atoms with E-state index in [1.807, 2.05) is 6.07 Å². The van der Waals surface area contributed by atoms with Crippen LogP contribution < -0.4 is 16.3 Å². The van der Waals surface area contributed by atoms with Gasteiger partial charge in [-0.05, 0) is 28.1 Å². The summed E-state index contributed by atoms with van der Waals surface area (Å²) in [5, 5.41) is 0. The van der Waals surface area contributed by atoms with Crippen molar-refractivity contribution in [1.29, 1.82) is 0 Å². The molecule has 1 aromatic heterocycles. The number of halogens is 1. The van der Waals surface area contributed by atoms with Crippen molar-refractivity contribution in [3.63, 3.8) is 0 Å². The highest BCUT2D eigenvalue weighted by Crippen LogP contribution is 2.11. The summed E-state index contributed by atoms with van der Waals surface area (Å²) in [5.41, 5.74) is 5.47. The zero-order valence-corrected chi connectivity index (χ0v) is 6.30. The second-order valence-electron chi connectivity index (χ2n) is 1.65. The summed E-state index contributed by atoms with van der Waals surface area (Å²) in [4.78, 5) is 0. The molecule has 0 unspecified atom stereocenters. The van der Waals surface area contributed by atoms with Gasteiger partial charge in [-0.15, -0.1) is 4.68 Å². The Bertz CT molecular complexity index is 203. The smallest absolute Gasteiger partial charge is 0.284 e. The number of nitrogens with two attached hydrogens (primary N) is 2. The van der Waals surface area contributed by atoms with Crippen LogP contribution in [0, 0.1) is 0 Å². The van der Waals surface area contributed by atoms with Crippen molar-refractivity contribution >= 4 is 21.7 Å². The van der Waals surface area contributed by atoms with Gasteiger partial charge in [0.2, 0.25) is 0 Å². The molecule has 0 spiro atoms. The number of hydrogen-bond donors (Lipinski definition) is 2. The molecule has 0 aliphatic rings. The van der Waals surface area contributed by atoms with Gasteiger partial charge in [0.05, 0.1) is 0 Å². The molecule has 9 heavy (non-hydrogen) atoms. The number of rotatable bonds is 0. The maximum atomic E-state index is 5.47. The molecule has 0 aromatic carbocycles. The van der Waals surface area contributed by atoms with E-state index < -0.39 is 0 Å². The number of pyridine rings is 1. The van der Waals surface area contributed by atoms with Crippen LogP contribution in [0.15, 0.2) is 22.8 Å². The van der Waals surface area contributed by atoms with Gasteiger partial charge in [-0.1, -0.05) is 0 Å². The standard InChI is InChI=1S/C5H6BrN3/c6-4-2-1-3-9(8)5(4)7/h1-3,7H,8H2/p+1. The fourth-order valence-electron chi connectivity index (χ4n) is 0.509. The Morgan fingerprint density at radius 3 is 2.67 bits per heavy atom. The van der Waals surface area contributed by atoms with Crippen LogP contribution >= 0.6 is 15.9 Å². The molecule has 0 aliphatic carbocycles. The SMILES string of the molecule is Nc1c(Br)ccc[n+]1N. The summed E-state index contributed by atoms with van der Waals surface area (Å²) < 4.78 is 2.16. The molecule has 0 bridgehead atoms. The zero-order chi connectivity index (χ0) is 6.85. The number of anilines is 1. The Morgan fingerprint density at radius 1 is 1.56 bits per heavy atom. The summed E-state index contributed by atoms with van der Waals surface area (Å²) in [5.74, 6) is 5.91. The minimum Gasteiger partial charge on any atom is -0.284 e. The van der Waals surface area contributed by atoms with E-state index in [-0.39, 0.29) is 0 Å². The Kier molecular flexibility index (Phi) is 1.57. The van der Waals surface area contributed by atoms with Crippen LogP contribution in [0.1, 0.15) is 0 Å². The van der Waals surface area contributed by atoms with E-state index in [9.17, 15) is 0 Å². The van der Waals surface area contributed by atoms with Crippen LogP contribution in [0.25, 0.3) is 0 Å². The molecule has 0 aliphatic heterocycles. The predicted octanol–water partition coefficient (Wildman–Crippen LogP) is 0.0326. The van der Waals surface area contributed by atoms with Gasteiger partial charge in [-0.25, -0.2) is 0 Å². The first-order chi connectivity index (χ1) is 4.22. The number of nitrogens with zero attached hydrogens (tertiary/aromatic N) is 1. The normalized spacial score (nSPS) is 9.44. The molecule has 0 saturated heterocycles. The van der Waals surface area contributed by atoms with Gasteiger partial charge in [0.25, 0.3) is 0 Å². The highest BCUT2D eigenvalue weighted by Gasteiger charge is 2.02. The molecule has 0 amide bonds. The van der Waals surface area contributed by atoms with Gasteiger partial charge < -0.3 is 0 Å². The average Bonchev–Trinajstić information content (AvgIpc) is 1.83. The first-order valence-corrected chi connectivity index (χ1v) is 3.22. The van der Waals surface area contributed by atoms with Gasteiger partial charge in [0, 0.05) is 0 Å². The van der Waals surface area contributed by atoms with Crippen molar-refractivity contribution in [2.75, 3.05) is 11.6 Å². The Balaban J connectivity index is 3.25. The lowest BCUT2D eigenvalue weighted by Gasteiger charge is -1.93. The maximum absolute atomic E-state index is 5.47. The van der Waals surface area contributed by atoms with E-state index in [2.05, 4.69) is 15.9 Å². The Hall–Kier alpha value is -0.770. The van der Waals surface area contributed by atoms with Crippen molar-refractivity contribution < 1.29 is 4.68 Å². The van der Waals surface area contributed by atoms with Crippen LogP contribution in [-0.2, 0) is 0 Å². The molecule has 0 radical (unpaired) electrons. The highest BCUT2D eigenvalue weighted by molar-refractivity contribution is 9.10. The summed E-state index contributed by atoms with van der Waals surface area (Å²) >= 11 is 3.22. The van der Waals surface area contributed by atoms with Gasteiger partial charge in [-0.3, -0.25) is 11.6 Å². The lowest BCUT2D eigenvalue weighted by atomic mass is 10.5. The topological polar surface area (TPSA) is 55.9 Å². The average molecular weight is 189 g/mol. The molecular weight excluding hydrogens is 182 g/mol. The predicted molar refractivity (Wildman–Crippen MR) is 38.9 cm³/mol. The van der Waals surface area contributed by atoms with Gasteiger partial charge in [0.1, 0.15) is 10.7 Å². The van der Waals surface area contributed by atoms with Crippen molar-refractivity contribution in [2.24, 2.45) is 0 Å². The van der Waals surface area contributed by atoms with E-state index in [4.69, 9.17) is 11.6 Å². The summed E-state index contributed by atoms with van der Waals surface area (Å²) in [6.45, 7) is 0. The molecule has 0 fully saturated rings. The molecule has 4 heteroatoms. The zero-order valence-electron chi connectivity index (χ0n) is 4.71. The van der Waals surface area contributed by atoms with E-state index in [0.29, 0.717) is 5.82 Å². The largest absolute Gasteiger partial charge is 0.309 e. The third-order valence-electron chi connectivity index (χ3n) is 1.01. The molecule has 3 nitrogen and oxygen atoms in total. The second kappa shape index (κ2) is 2.23.